The van der Waals surface area contributed by atoms with Gasteiger partial charge in [-0.2, -0.15) is 0 Å². The van der Waals surface area contributed by atoms with Crippen molar-refractivity contribution in [1.29, 1.82) is 0 Å². The summed E-state index contributed by atoms with van der Waals surface area (Å²) in [5, 5.41) is 5.33. The van der Waals surface area contributed by atoms with Crippen molar-refractivity contribution in [2.24, 2.45) is 10.7 Å². The Bertz CT molecular complexity index is 910. The van der Waals surface area contributed by atoms with Crippen molar-refractivity contribution in [1.82, 2.24) is 15.1 Å². The maximum atomic E-state index is 13.1. The average Bonchev–Trinajstić information content (AvgIpc) is 3.29. The lowest BCUT2D eigenvalue weighted by Gasteiger charge is -2.25. The maximum absolute atomic E-state index is 13.1. The van der Waals surface area contributed by atoms with Crippen LogP contribution in [0.3, 0.4) is 0 Å². The summed E-state index contributed by atoms with van der Waals surface area (Å²) in [7, 11) is 1.29. The first-order chi connectivity index (χ1) is 15.9. The number of rotatable bonds is 5. The van der Waals surface area contributed by atoms with Gasteiger partial charge in [0.25, 0.3) is 0 Å². The average molecular weight is 459 g/mol. The van der Waals surface area contributed by atoms with Crippen molar-refractivity contribution in [3.8, 4) is 0 Å². The number of methoxy groups -OCH3 is 1. The van der Waals surface area contributed by atoms with E-state index in [-0.39, 0.29) is 24.3 Å². The number of primary amides is 1. The summed E-state index contributed by atoms with van der Waals surface area (Å²) in [6.07, 6.45) is 3.99. The number of likely N-dealkylation sites (tertiary alicyclic amines) is 2. The van der Waals surface area contributed by atoms with Crippen LogP contribution in [0, 0.1) is 0 Å². The summed E-state index contributed by atoms with van der Waals surface area (Å²) in [4.78, 5) is 56.6. The van der Waals surface area contributed by atoms with Crippen LogP contribution in [0.15, 0.2) is 29.3 Å². The van der Waals surface area contributed by atoms with Crippen LogP contribution in [0.5, 0.6) is 0 Å². The van der Waals surface area contributed by atoms with Crippen molar-refractivity contribution < 1.29 is 23.9 Å². The molecule has 0 aromatic heterocycles. The number of benzene rings is 1. The predicted molar refractivity (Wildman–Crippen MR) is 122 cm³/mol. The molecule has 178 valence electrons. The smallest absolute Gasteiger partial charge is 0.337 e. The molecule has 0 aliphatic carbocycles. The number of aliphatic imine (C=N–C) groups is 1. The van der Waals surface area contributed by atoms with Crippen LogP contribution in [0.4, 0.5) is 10.5 Å². The Morgan fingerprint density at radius 1 is 1.09 bits per heavy atom. The third-order valence-electron chi connectivity index (χ3n) is 5.63. The summed E-state index contributed by atoms with van der Waals surface area (Å²) in [5.41, 5.74) is 6.17. The summed E-state index contributed by atoms with van der Waals surface area (Å²) in [6.45, 7) is 1.99. The first kappa shape index (κ1) is 24.0. The number of urea groups is 1. The number of carbonyl (C=O) groups is 4. The van der Waals surface area contributed by atoms with Crippen molar-refractivity contribution in [2.75, 3.05) is 38.6 Å². The van der Waals surface area contributed by atoms with Crippen molar-refractivity contribution >= 4 is 35.5 Å². The zero-order valence-electron chi connectivity index (χ0n) is 18.7. The fourth-order valence-electron chi connectivity index (χ4n) is 3.90. The minimum Gasteiger partial charge on any atom is -0.465 e. The van der Waals surface area contributed by atoms with Gasteiger partial charge in [-0.25, -0.2) is 14.6 Å². The number of amides is 4. The predicted octanol–water partition coefficient (Wildman–Crippen LogP) is 0.913. The fraction of sp³-hybridized carbons (Fsp3) is 0.500. The van der Waals surface area contributed by atoms with Crippen LogP contribution >= 0.6 is 0 Å². The van der Waals surface area contributed by atoms with Crippen LogP contribution in [0.2, 0.25) is 0 Å². The second-order valence-electron chi connectivity index (χ2n) is 8.02. The zero-order chi connectivity index (χ0) is 23.8. The van der Waals surface area contributed by atoms with Crippen LogP contribution in [0.1, 0.15) is 42.5 Å². The molecule has 33 heavy (non-hydrogen) atoms. The molecule has 0 spiro atoms. The van der Waals surface area contributed by atoms with Crippen LogP contribution in [-0.4, -0.2) is 78.9 Å². The van der Waals surface area contributed by atoms with E-state index < -0.39 is 18.0 Å². The molecule has 2 aliphatic heterocycles. The summed E-state index contributed by atoms with van der Waals surface area (Å²) in [5.74, 6) is -0.769. The monoisotopic (exact) mass is 458 g/mol. The van der Waals surface area contributed by atoms with Gasteiger partial charge in [0.2, 0.25) is 17.8 Å². The van der Waals surface area contributed by atoms with Gasteiger partial charge in [-0.1, -0.05) is 0 Å². The second kappa shape index (κ2) is 11.3. The Morgan fingerprint density at radius 3 is 2.39 bits per heavy atom. The molecule has 0 bridgehead atoms. The number of anilines is 1. The number of nitrogens with zero attached hydrogens (tertiary/aromatic N) is 3. The molecular weight excluding hydrogens is 428 g/mol. The molecule has 11 heteroatoms. The van der Waals surface area contributed by atoms with Gasteiger partial charge < -0.3 is 25.6 Å². The van der Waals surface area contributed by atoms with Crippen LogP contribution < -0.4 is 16.4 Å². The molecule has 1 unspecified atom stereocenters. The lowest BCUT2D eigenvalue weighted by atomic mass is 10.1. The molecule has 4 amide bonds. The summed E-state index contributed by atoms with van der Waals surface area (Å²) in [6, 6.07) is 4.73. The number of esters is 1. The largest absolute Gasteiger partial charge is 0.465 e. The standard InChI is InChI=1S/C22H30N6O5/c1-33-20(31)15-7-9-16(10-8-15)24-22(26-21(23)32)25-17-6-2-3-13-28(19(17)30)14-18(29)27-11-4-5-12-27/h7-10,17H,2-6,11-14H2,1H3,(H4,23,24,25,26,32). The molecule has 1 atom stereocenters. The summed E-state index contributed by atoms with van der Waals surface area (Å²) < 4.78 is 4.68. The van der Waals surface area contributed by atoms with Gasteiger partial charge >= 0.3 is 12.0 Å². The van der Waals surface area contributed by atoms with Gasteiger partial charge in [-0.15, -0.1) is 0 Å². The molecule has 0 radical (unpaired) electrons. The topological polar surface area (TPSA) is 146 Å². The van der Waals surface area contributed by atoms with Crippen molar-refractivity contribution in [3.05, 3.63) is 29.8 Å². The second-order valence-corrected chi connectivity index (χ2v) is 8.02. The van der Waals surface area contributed by atoms with E-state index in [4.69, 9.17) is 5.73 Å². The van der Waals surface area contributed by atoms with Gasteiger partial charge in [0.1, 0.15) is 6.04 Å². The first-order valence-corrected chi connectivity index (χ1v) is 11.0. The van der Waals surface area contributed by atoms with Crippen LogP contribution in [-0.2, 0) is 14.3 Å². The van der Waals surface area contributed by atoms with E-state index in [9.17, 15) is 19.2 Å². The molecule has 2 heterocycles. The molecule has 2 saturated heterocycles. The highest BCUT2D eigenvalue weighted by atomic mass is 16.5. The number of nitrogens with one attached hydrogen (secondary N) is 2. The number of guanidine groups is 1. The van der Waals surface area contributed by atoms with Gasteiger partial charge in [-0.3, -0.25) is 14.9 Å². The Balaban J connectivity index is 1.74. The van der Waals surface area contributed by atoms with E-state index in [1.165, 1.54) is 7.11 Å². The lowest BCUT2D eigenvalue weighted by molar-refractivity contribution is -0.140. The Labute approximate surface area is 192 Å². The highest BCUT2D eigenvalue weighted by Gasteiger charge is 2.30. The van der Waals surface area contributed by atoms with Gasteiger partial charge in [0.15, 0.2) is 0 Å². The highest BCUT2D eigenvalue weighted by Crippen LogP contribution is 2.17. The van der Waals surface area contributed by atoms with E-state index >= 15 is 0 Å². The molecule has 11 nitrogen and oxygen atoms in total. The minimum absolute atomic E-state index is 0.0133. The van der Waals surface area contributed by atoms with E-state index in [1.807, 2.05) is 0 Å². The molecule has 1 aromatic rings. The zero-order valence-corrected chi connectivity index (χ0v) is 18.7. The minimum atomic E-state index is -0.838. The van der Waals surface area contributed by atoms with E-state index in [0.29, 0.717) is 24.2 Å². The fourth-order valence-corrected chi connectivity index (χ4v) is 3.90. The van der Waals surface area contributed by atoms with Gasteiger partial charge in [-0.05, 0) is 56.4 Å². The molecule has 0 saturated carbocycles. The van der Waals surface area contributed by atoms with Crippen LogP contribution in [0.25, 0.3) is 0 Å². The Kier molecular flexibility index (Phi) is 8.22. The molecule has 4 N–H and O–H groups in total. The van der Waals surface area contributed by atoms with Gasteiger partial charge in [0.05, 0.1) is 19.2 Å². The number of nitrogens with two attached hydrogens (primary N) is 1. The number of carbonyl (C=O) groups excluding carboxylic acids is 4. The molecule has 1 aromatic carbocycles. The van der Waals surface area contributed by atoms with E-state index in [1.54, 1.807) is 34.1 Å². The Morgan fingerprint density at radius 2 is 1.76 bits per heavy atom. The molecule has 2 aliphatic rings. The number of ether oxygens (including phenoxy) is 1. The lowest BCUT2D eigenvalue weighted by Crippen LogP contribution is -2.46. The van der Waals surface area contributed by atoms with E-state index in [2.05, 4.69) is 20.4 Å². The SMILES string of the molecule is COC(=O)c1ccc(NC(=NC2CCCCN(CC(=O)N3CCCC3)C2=O)NC(N)=O)cc1. The first-order valence-electron chi connectivity index (χ1n) is 11.0. The normalized spacial score (nSPS) is 19.1. The van der Waals surface area contributed by atoms with Crippen molar-refractivity contribution in [3.63, 3.8) is 0 Å². The molecule has 2 fully saturated rings. The maximum Gasteiger partial charge on any atom is 0.337 e. The molecular formula is C22H30N6O5. The number of hydrogen-bond donors (Lipinski definition) is 3. The van der Waals surface area contributed by atoms with E-state index in [0.717, 1.165) is 38.8 Å². The van der Waals surface area contributed by atoms with Crippen molar-refractivity contribution in [2.45, 2.75) is 38.1 Å². The summed E-state index contributed by atoms with van der Waals surface area (Å²) >= 11 is 0. The Hall–Kier alpha value is -3.63. The molecule has 3 rings (SSSR count). The number of hydrogen-bond acceptors (Lipinski definition) is 6. The quantitative estimate of drug-likeness (QED) is 0.340. The third kappa shape index (κ3) is 6.67. The third-order valence-corrected chi connectivity index (χ3v) is 5.63. The van der Waals surface area contributed by atoms with Gasteiger partial charge in [0, 0.05) is 25.3 Å². The highest BCUT2D eigenvalue weighted by molar-refractivity contribution is 6.04.